The summed E-state index contributed by atoms with van der Waals surface area (Å²) in [7, 11) is -3.74. The molecule has 2 aromatic rings. The van der Waals surface area contributed by atoms with Crippen molar-refractivity contribution < 1.29 is 8.42 Å². The molecule has 0 unspecified atom stereocenters. The van der Waals surface area contributed by atoms with Gasteiger partial charge in [-0.2, -0.15) is 0 Å². The molecule has 0 saturated carbocycles. The molecule has 2 aromatic heterocycles. The largest absolute Gasteiger partial charge is 0.398 e. The van der Waals surface area contributed by atoms with E-state index in [4.69, 9.17) is 5.73 Å². The zero-order chi connectivity index (χ0) is 12.3. The second-order valence-electron chi connectivity index (χ2n) is 3.23. The van der Waals surface area contributed by atoms with Gasteiger partial charge in [0.15, 0.2) is 0 Å². The Morgan fingerprint density at radius 3 is 2.65 bits per heavy atom. The third-order valence-electron chi connectivity index (χ3n) is 2.01. The Balaban J connectivity index is 2.36. The molecule has 0 aromatic carbocycles. The molecule has 0 aliphatic rings. The summed E-state index contributed by atoms with van der Waals surface area (Å²) in [6.07, 6.45) is 4.11. The van der Waals surface area contributed by atoms with Crippen molar-refractivity contribution in [2.75, 3.05) is 10.5 Å². The van der Waals surface area contributed by atoms with Crippen LogP contribution in [0, 0.1) is 0 Å². The lowest BCUT2D eigenvalue weighted by Gasteiger charge is -2.08. The van der Waals surface area contributed by atoms with E-state index in [1.54, 1.807) is 18.2 Å². The fourth-order valence-corrected chi connectivity index (χ4v) is 2.32. The molecule has 0 atom stereocenters. The summed E-state index contributed by atoms with van der Waals surface area (Å²) < 4.78 is 26.2. The van der Waals surface area contributed by atoms with Gasteiger partial charge in [0.2, 0.25) is 0 Å². The van der Waals surface area contributed by atoms with Crippen LogP contribution in [-0.2, 0) is 10.0 Å². The summed E-state index contributed by atoms with van der Waals surface area (Å²) in [6, 6.07) is 6.34. The van der Waals surface area contributed by atoms with Crippen LogP contribution >= 0.6 is 0 Å². The average molecular weight is 250 g/mol. The van der Waals surface area contributed by atoms with Gasteiger partial charge in [0.25, 0.3) is 10.0 Å². The molecule has 2 heterocycles. The van der Waals surface area contributed by atoms with E-state index in [2.05, 4.69) is 14.7 Å². The molecular weight excluding hydrogens is 240 g/mol. The van der Waals surface area contributed by atoms with E-state index in [-0.39, 0.29) is 16.4 Å². The molecule has 0 fully saturated rings. The van der Waals surface area contributed by atoms with E-state index < -0.39 is 10.0 Å². The molecule has 0 aliphatic carbocycles. The summed E-state index contributed by atoms with van der Waals surface area (Å²) in [5.74, 6) is 0.232. The van der Waals surface area contributed by atoms with Crippen molar-refractivity contribution >= 4 is 21.5 Å². The minimum atomic E-state index is -3.74. The van der Waals surface area contributed by atoms with Crippen molar-refractivity contribution in [2.45, 2.75) is 4.90 Å². The summed E-state index contributed by atoms with van der Waals surface area (Å²) in [6.45, 7) is 0. The first kappa shape index (κ1) is 11.3. The maximum Gasteiger partial charge on any atom is 0.266 e. The first-order valence-corrected chi connectivity index (χ1v) is 6.21. The van der Waals surface area contributed by atoms with Gasteiger partial charge in [0.05, 0.1) is 5.69 Å². The lowest BCUT2D eigenvalue weighted by atomic mass is 10.4. The van der Waals surface area contributed by atoms with Crippen LogP contribution in [0.1, 0.15) is 0 Å². The van der Waals surface area contributed by atoms with Gasteiger partial charge >= 0.3 is 0 Å². The smallest absolute Gasteiger partial charge is 0.266 e. The van der Waals surface area contributed by atoms with Gasteiger partial charge in [0, 0.05) is 18.6 Å². The molecule has 7 heteroatoms. The quantitative estimate of drug-likeness (QED) is 0.841. The van der Waals surface area contributed by atoms with Crippen LogP contribution in [-0.4, -0.2) is 18.4 Å². The number of anilines is 2. The maximum absolute atomic E-state index is 12.0. The number of rotatable bonds is 3. The number of sulfonamides is 1. The van der Waals surface area contributed by atoms with Gasteiger partial charge in [-0.25, -0.2) is 13.4 Å². The van der Waals surface area contributed by atoms with Crippen molar-refractivity contribution in [3.63, 3.8) is 0 Å². The number of pyridine rings is 2. The molecule has 6 nitrogen and oxygen atoms in total. The van der Waals surface area contributed by atoms with Gasteiger partial charge in [-0.3, -0.25) is 9.71 Å². The SMILES string of the molecule is Nc1ccncc1S(=O)(=O)Nc1ccccn1. The number of hydrogen-bond acceptors (Lipinski definition) is 5. The highest BCUT2D eigenvalue weighted by Crippen LogP contribution is 2.18. The van der Waals surface area contributed by atoms with Gasteiger partial charge in [-0.1, -0.05) is 6.07 Å². The molecule has 0 amide bonds. The van der Waals surface area contributed by atoms with Crippen molar-refractivity contribution in [2.24, 2.45) is 0 Å². The van der Waals surface area contributed by atoms with Crippen molar-refractivity contribution in [3.8, 4) is 0 Å². The van der Waals surface area contributed by atoms with Crippen LogP contribution in [0.5, 0.6) is 0 Å². The van der Waals surface area contributed by atoms with E-state index in [1.165, 1.54) is 24.7 Å². The Hall–Kier alpha value is -2.15. The molecule has 3 N–H and O–H groups in total. The lowest BCUT2D eigenvalue weighted by molar-refractivity contribution is 0.601. The van der Waals surface area contributed by atoms with E-state index in [0.29, 0.717) is 0 Å². The van der Waals surface area contributed by atoms with Gasteiger partial charge < -0.3 is 5.73 Å². The number of nitrogen functional groups attached to an aromatic ring is 1. The third kappa shape index (κ3) is 2.51. The number of nitrogens with zero attached hydrogens (tertiary/aromatic N) is 2. The molecule has 0 spiro atoms. The fourth-order valence-electron chi connectivity index (χ4n) is 1.23. The zero-order valence-corrected chi connectivity index (χ0v) is 9.55. The summed E-state index contributed by atoms with van der Waals surface area (Å²) >= 11 is 0. The number of nitrogens with one attached hydrogen (secondary N) is 1. The minimum absolute atomic E-state index is 0.0642. The molecule has 0 aliphatic heterocycles. The summed E-state index contributed by atoms with van der Waals surface area (Å²) in [4.78, 5) is 7.54. The number of hydrogen-bond donors (Lipinski definition) is 2. The van der Waals surface area contributed by atoms with E-state index >= 15 is 0 Å². The van der Waals surface area contributed by atoms with Crippen LogP contribution in [0.3, 0.4) is 0 Å². The van der Waals surface area contributed by atoms with Crippen LogP contribution in [0.4, 0.5) is 11.5 Å². The average Bonchev–Trinajstić information content (AvgIpc) is 2.30. The highest BCUT2D eigenvalue weighted by atomic mass is 32.2. The highest BCUT2D eigenvalue weighted by Gasteiger charge is 2.17. The number of aromatic nitrogens is 2. The second kappa shape index (κ2) is 4.38. The van der Waals surface area contributed by atoms with Crippen LogP contribution in [0.25, 0.3) is 0 Å². The first-order valence-electron chi connectivity index (χ1n) is 4.73. The van der Waals surface area contributed by atoms with Gasteiger partial charge in [-0.05, 0) is 18.2 Å². The normalized spacial score (nSPS) is 11.1. The fraction of sp³-hybridized carbons (Fsp3) is 0. The number of nitrogens with two attached hydrogens (primary N) is 1. The van der Waals surface area contributed by atoms with Crippen LogP contribution in [0.15, 0.2) is 47.8 Å². The molecule has 0 saturated heterocycles. The van der Waals surface area contributed by atoms with Crippen molar-refractivity contribution in [3.05, 3.63) is 42.9 Å². The van der Waals surface area contributed by atoms with Crippen molar-refractivity contribution in [1.82, 2.24) is 9.97 Å². The molecule has 88 valence electrons. The Labute approximate surface area is 98.6 Å². The zero-order valence-electron chi connectivity index (χ0n) is 8.74. The lowest BCUT2D eigenvalue weighted by Crippen LogP contribution is -2.15. The van der Waals surface area contributed by atoms with Gasteiger partial charge in [-0.15, -0.1) is 0 Å². The predicted octanol–water partition coefficient (Wildman–Crippen LogP) is 0.860. The van der Waals surface area contributed by atoms with E-state index in [0.717, 1.165) is 0 Å². The summed E-state index contributed by atoms with van der Waals surface area (Å²) in [5, 5.41) is 0. The molecule has 17 heavy (non-hydrogen) atoms. The molecular formula is C10H10N4O2S. The van der Waals surface area contributed by atoms with Crippen LogP contribution < -0.4 is 10.5 Å². The van der Waals surface area contributed by atoms with E-state index in [9.17, 15) is 8.42 Å². The molecule has 0 bridgehead atoms. The second-order valence-corrected chi connectivity index (χ2v) is 4.88. The van der Waals surface area contributed by atoms with Gasteiger partial charge in [0.1, 0.15) is 10.7 Å². The standard InChI is InChI=1S/C10H10N4O2S/c11-8-4-6-12-7-9(8)17(15,16)14-10-3-1-2-5-13-10/h1-7H,(H2,11,12)(H,13,14). The van der Waals surface area contributed by atoms with Crippen molar-refractivity contribution in [1.29, 1.82) is 0 Å². The Morgan fingerprint density at radius 2 is 2.00 bits per heavy atom. The Bertz CT molecular complexity index is 613. The Morgan fingerprint density at radius 1 is 1.18 bits per heavy atom. The predicted molar refractivity (Wildman–Crippen MR) is 63.7 cm³/mol. The van der Waals surface area contributed by atoms with E-state index in [1.807, 2.05) is 0 Å². The molecule has 0 radical (unpaired) electrons. The topological polar surface area (TPSA) is 98.0 Å². The Kier molecular flexibility index (Phi) is 2.92. The third-order valence-corrected chi connectivity index (χ3v) is 3.41. The van der Waals surface area contributed by atoms with Crippen LogP contribution in [0.2, 0.25) is 0 Å². The highest BCUT2D eigenvalue weighted by molar-refractivity contribution is 7.92. The first-order chi connectivity index (χ1) is 8.09. The minimum Gasteiger partial charge on any atom is -0.398 e. The molecule has 2 rings (SSSR count). The monoisotopic (exact) mass is 250 g/mol. The summed E-state index contributed by atoms with van der Waals surface area (Å²) in [5.41, 5.74) is 5.72. The maximum atomic E-state index is 12.0.